The molecule has 106 valence electrons. The van der Waals surface area contributed by atoms with Crippen molar-refractivity contribution >= 4 is 15.9 Å². The van der Waals surface area contributed by atoms with Crippen molar-refractivity contribution in [3.8, 4) is 11.5 Å². The van der Waals surface area contributed by atoms with Gasteiger partial charge in [-0.05, 0) is 52.8 Å². The van der Waals surface area contributed by atoms with Gasteiger partial charge in [0.2, 0.25) is 0 Å². The average molecular weight is 337 g/mol. The molecule has 2 rings (SSSR count). The Morgan fingerprint density at radius 1 is 1.10 bits per heavy atom. The number of hydrogen-bond acceptors (Lipinski definition) is 4. The summed E-state index contributed by atoms with van der Waals surface area (Å²) in [5.74, 6) is 1.51. The van der Waals surface area contributed by atoms with Crippen LogP contribution in [0.25, 0.3) is 0 Å². The number of benzene rings is 1. The SMILES string of the molecule is CNC(c1ccncc1)c1ccc(OC)c(Br)c1OC. The summed E-state index contributed by atoms with van der Waals surface area (Å²) in [5.41, 5.74) is 2.16. The highest BCUT2D eigenvalue weighted by molar-refractivity contribution is 9.10. The van der Waals surface area contributed by atoms with Gasteiger partial charge in [0.15, 0.2) is 0 Å². The fourth-order valence-electron chi connectivity index (χ4n) is 2.20. The van der Waals surface area contributed by atoms with Crippen LogP contribution in [-0.2, 0) is 0 Å². The van der Waals surface area contributed by atoms with Gasteiger partial charge in [-0.15, -0.1) is 0 Å². The van der Waals surface area contributed by atoms with E-state index in [1.165, 1.54) is 0 Å². The summed E-state index contributed by atoms with van der Waals surface area (Å²) in [4.78, 5) is 4.05. The molecule has 5 heteroatoms. The summed E-state index contributed by atoms with van der Waals surface area (Å²) in [6, 6.07) is 7.92. The van der Waals surface area contributed by atoms with E-state index < -0.39 is 0 Å². The molecule has 1 atom stereocenters. The minimum Gasteiger partial charge on any atom is -0.495 e. The Morgan fingerprint density at radius 3 is 2.35 bits per heavy atom. The maximum atomic E-state index is 5.54. The van der Waals surface area contributed by atoms with Gasteiger partial charge in [-0.2, -0.15) is 0 Å². The second kappa shape index (κ2) is 6.72. The van der Waals surface area contributed by atoms with Crippen LogP contribution < -0.4 is 14.8 Å². The maximum Gasteiger partial charge on any atom is 0.141 e. The summed E-state index contributed by atoms with van der Waals surface area (Å²) >= 11 is 3.53. The smallest absolute Gasteiger partial charge is 0.141 e. The Kier molecular flexibility index (Phi) is 4.98. The molecule has 2 aromatic rings. The highest BCUT2D eigenvalue weighted by Gasteiger charge is 2.20. The van der Waals surface area contributed by atoms with E-state index in [9.17, 15) is 0 Å². The summed E-state index contributed by atoms with van der Waals surface area (Å²) < 4.78 is 11.7. The van der Waals surface area contributed by atoms with Gasteiger partial charge >= 0.3 is 0 Å². The first-order chi connectivity index (χ1) is 9.72. The molecule has 0 spiro atoms. The van der Waals surface area contributed by atoms with Crippen molar-refractivity contribution in [1.29, 1.82) is 0 Å². The average Bonchev–Trinajstić information content (AvgIpc) is 2.49. The second-order valence-electron chi connectivity index (χ2n) is 4.21. The van der Waals surface area contributed by atoms with Gasteiger partial charge in [-0.3, -0.25) is 4.98 Å². The third-order valence-electron chi connectivity index (χ3n) is 3.16. The molecule has 4 nitrogen and oxygen atoms in total. The monoisotopic (exact) mass is 336 g/mol. The highest BCUT2D eigenvalue weighted by atomic mass is 79.9. The minimum absolute atomic E-state index is 0.0233. The lowest BCUT2D eigenvalue weighted by molar-refractivity contribution is 0.383. The topological polar surface area (TPSA) is 43.4 Å². The van der Waals surface area contributed by atoms with Crippen LogP contribution in [-0.4, -0.2) is 26.3 Å². The molecule has 1 aromatic heterocycles. The van der Waals surface area contributed by atoms with Crippen LogP contribution in [0.4, 0.5) is 0 Å². The molecule has 1 heterocycles. The number of rotatable bonds is 5. The first-order valence-corrected chi connectivity index (χ1v) is 6.99. The summed E-state index contributed by atoms with van der Waals surface area (Å²) in [7, 11) is 5.21. The van der Waals surface area contributed by atoms with Crippen molar-refractivity contribution < 1.29 is 9.47 Å². The largest absolute Gasteiger partial charge is 0.495 e. The van der Waals surface area contributed by atoms with Crippen LogP contribution in [0.1, 0.15) is 17.2 Å². The quantitative estimate of drug-likeness (QED) is 0.910. The molecule has 0 saturated heterocycles. The van der Waals surface area contributed by atoms with Crippen molar-refractivity contribution in [1.82, 2.24) is 10.3 Å². The van der Waals surface area contributed by atoms with Gasteiger partial charge in [-0.1, -0.05) is 0 Å². The van der Waals surface area contributed by atoms with Crippen LogP contribution in [0.5, 0.6) is 11.5 Å². The molecule has 0 aliphatic carbocycles. The Labute approximate surface area is 127 Å². The van der Waals surface area contributed by atoms with Crippen LogP contribution in [0.15, 0.2) is 41.1 Å². The fraction of sp³-hybridized carbons (Fsp3) is 0.267. The molecule has 20 heavy (non-hydrogen) atoms. The van der Waals surface area contributed by atoms with Gasteiger partial charge in [0.25, 0.3) is 0 Å². The molecule has 1 unspecified atom stereocenters. The number of pyridine rings is 1. The van der Waals surface area contributed by atoms with E-state index in [1.807, 2.05) is 31.3 Å². The Bertz CT molecular complexity index is 576. The number of nitrogens with one attached hydrogen (secondary N) is 1. The van der Waals surface area contributed by atoms with Crippen LogP contribution in [0, 0.1) is 0 Å². The molecule has 1 N–H and O–H groups in total. The molecular formula is C15H17BrN2O2. The molecule has 0 aliphatic heterocycles. The van der Waals surface area contributed by atoms with Crippen molar-refractivity contribution in [2.45, 2.75) is 6.04 Å². The normalized spacial score (nSPS) is 12.0. The van der Waals surface area contributed by atoms with Crippen LogP contribution >= 0.6 is 15.9 Å². The van der Waals surface area contributed by atoms with E-state index in [4.69, 9.17) is 9.47 Å². The fourth-order valence-corrected chi connectivity index (χ4v) is 2.89. The third-order valence-corrected chi connectivity index (χ3v) is 3.91. The Hall–Kier alpha value is -1.59. The molecular weight excluding hydrogens is 320 g/mol. The van der Waals surface area contributed by atoms with E-state index in [0.29, 0.717) is 0 Å². The number of ether oxygens (including phenoxy) is 2. The Balaban J connectivity index is 2.53. The second-order valence-corrected chi connectivity index (χ2v) is 5.00. The van der Waals surface area contributed by atoms with Crippen LogP contribution in [0.3, 0.4) is 0 Å². The van der Waals surface area contributed by atoms with Gasteiger partial charge in [0.1, 0.15) is 16.0 Å². The molecule has 0 saturated carbocycles. The van der Waals surface area contributed by atoms with Crippen molar-refractivity contribution in [3.05, 3.63) is 52.3 Å². The molecule has 0 aliphatic rings. The Morgan fingerprint density at radius 2 is 1.80 bits per heavy atom. The molecule has 1 aromatic carbocycles. The lowest BCUT2D eigenvalue weighted by Gasteiger charge is -2.21. The predicted octanol–water partition coefficient (Wildman–Crippen LogP) is 3.17. The first kappa shape index (κ1) is 14.8. The predicted molar refractivity (Wildman–Crippen MR) is 82.4 cm³/mol. The standard InChI is InChI=1S/C15H17BrN2O2/c1-17-14(10-6-8-18-9-7-10)11-4-5-12(19-2)13(16)15(11)20-3/h4-9,14,17H,1-3H3. The van der Waals surface area contributed by atoms with E-state index in [-0.39, 0.29) is 6.04 Å². The molecule has 0 amide bonds. The van der Waals surface area contributed by atoms with Gasteiger partial charge in [0, 0.05) is 18.0 Å². The summed E-state index contributed by atoms with van der Waals surface area (Å²) in [6.07, 6.45) is 3.56. The minimum atomic E-state index is 0.0233. The van der Waals surface area contributed by atoms with Crippen LogP contribution in [0.2, 0.25) is 0 Å². The number of nitrogens with zero attached hydrogens (tertiary/aromatic N) is 1. The highest BCUT2D eigenvalue weighted by Crippen LogP contribution is 2.40. The maximum absolute atomic E-state index is 5.54. The van der Waals surface area contributed by atoms with Gasteiger partial charge in [-0.25, -0.2) is 0 Å². The van der Waals surface area contributed by atoms with E-state index in [0.717, 1.165) is 27.1 Å². The van der Waals surface area contributed by atoms with Crippen molar-refractivity contribution in [2.75, 3.05) is 21.3 Å². The molecule has 0 fully saturated rings. The van der Waals surface area contributed by atoms with E-state index in [1.54, 1.807) is 26.6 Å². The zero-order valence-electron chi connectivity index (χ0n) is 11.7. The molecule has 0 radical (unpaired) electrons. The van der Waals surface area contributed by atoms with Crippen molar-refractivity contribution in [3.63, 3.8) is 0 Å². The van der Waals surface area contributed by atoms with Crippen molar-refractivity contribution in [2.24, 2.45) is 0 Å². The number of methoxy groups -OCH3 is 2. The third kappa shape index (κ3) is 2.78. The van der Waals surface area contributed by atoms with Gasteiger partial charge in [0.05, 0.1) is 20.3 Å². The molecule has 0 bridgehead atoms. The zero-order valence-corrected chi connectivity index (χ0v) is 13.3. The van der Waals surface area contributed by atoms with E-state index >= 15 is 0 Å². The number of halogens is 1. The lowest BCUT2D eigenvalue weighted by atomic mass is 9.98. The van der Waals surface area contributed by atoms with Gasteiger partial charge < -0.3 is 14.8 Å². The lowest BCUT2D eigenvalue weighted by Crippen LogP contribution is -2.18. The number of aromatic nitrogens is 1. The number of hydrogen-bond donors (Lipinski definition) is 1. The first-order valence-electron chi connectivity index (χ1n) is 6.20. The summed E-state index contributed by atoms with van der Waals surface area (Å²) in [5, 5.41) is 3.30. The zero-order chi connectivity index (χ0) is 14.5. The summed E-state index contributed by atoms with van der Waals surface area (Å²) in [6.45, 7) is 0. The van der Waals surface area contributed by atoms with E-state index in [2.05, 4.69) is 26.2 Å².